The summed E-state index contributed by atoms with van der Waals surface area (Å²) in [7, 11) is 0. The molecule has 17 heavy (non-hydrogen) atoms. The molecule has 4 N–H and O–H groups in total. The number of nitrogens with zero attached hydrogens (tertiary/aromatic N) is 1. The largest absolute Gasteiger partial charge is 0.339 e. The van der Waals surface area contributed by atoms with Crippen LogP contribution in [0.15, 0.2) is 47.4 Å². The SMILES string of the molecule is CSc1ccccc1Nc1cccc(NN)n1. The average molecular weight is 246 g/mol. The highest BCUT2D eigenvalue weighted by atomic mass is 32.2. The smallest absolute Gasteiger partial charge is 0.142 e. The van der Waals surface area contributed by atoms with Crippen molar-refractivity contribution in [3.8, 4) is 0 Å². The van der Waals surface area contributed by atoms with E-state index in [1.165, 1.54) is 4.90 Å². The van der Waals surface area contributed by atoms with E-state index < -0.39 is 0 Å². The third-order valence-corrected chi connectivity index (χ3v) is 3.06. The van der Waals surface area contributed by atoms with Crippen LogP contribution >= 0.6 is 11.8 Å². The first-order chi connectivity index (χ1) is 8.33. The molecule has 0 spiro atoms. The summed E-state index contributed by atoms with van der Waals surface area (Å²) in [6, 6.07) is 13.7. The Balaban J connectivity index is 2.24. The Labute approximate surface area is 105 Å². The van der Waals surface area contributed by atoms with Gasteiger partial charge in [0.25, 0.3) is 0 Å². The summed E-state index contributed by atoms with van der Waals surface area (Å²) in [4.78, 5) is 5.49. The van der Waals surface area contributed by atoms with Crippen LogP contribution in [0.1, 0.15) is 0 Å². The number of hydrogen-bond acceptors (Lipinski definition) is 5. The number of benzene rings is 1. The summed E-state index contributed by atoms with van der Waals surface area (Å²) in [6.45, 7) is 0. The number of aromatic nitrogens is 1. The van der Waals surface area contributed by atoms with E-state index in [1.54, 1.807) is 11.8 Å². The first kappa shape index (κ1) is 11.8. The molecule has 0 fully saturated rings. The summed E-state index contributed by atoms with van der Waals surface area (Å²) in [6.07, 6.45) is 2.05. The van der Waals surface area contributed by atoms with Crippen molar-refractivity contribution in [2.24, 2.45) is 5.84 Å². The number of thioether (sulfide) groups is 1. The van der Waals surface area contributed by atoms with E-state index >= 15 is 0 Å². The molecule has 1 heterocycles. The highest BCUT2D eigenvalue weighted by Gasteiger charge is 2.01. The number of nitrogens with one attached hydrogen (secondary N) is 2. The van der Waals surface area contributed by atoms with E-state index in [4.69, 9.17) is 5.84 Å². The lowest BCUT2D eigenvalue weighted by Crippen LogP contribution is -2.09. The molecule has 0 aliphatic heterocycles. The van der Waals surface area contributed by atoms with Crippen LogP contribution in [0.5, 0.6) is 0 Å². The van der Waals surface area contributed by atoms with Gasteiger partial charge in [0, 0.05) is 4.90 Å². The highest BCUT2D eigenvalue weighted by molar-refractivity contribution is 7.98. The van der Waals surface area contributed by atoms with Crippen LogP contribution < -0.4 is 16.6 Å². The Hall–Kier alpha value is -1.72. The van der Waals surface area contributed by atoms with Crippen LogP contribution in [0, 0.1) is 0 Å². The summed E-state index contributed by atoms with van der Waals surface area (Å²) in [5, 5.41) is 3.27. The summed E-state index contributed by atoms with van der Waals surface area (Å²) < 4.78 is 0. The Morgan fingerprint density at radius 2 is 1.82 bits per heavy atom. The van der Waals surface area contributed by atoms with E-state index in [-0.39, 0.29) is 0 Å². The number of hydrogen-bond donors (Lipinski definition) is 3. The first-order valence-electron chi connectivity index (χ1n) is 5.17. The Kier molecular flexibility index (Phi) is 3.85. The molecular formula is C12H14N4S. The molecule has 88 valence electrons. The quantitative estimate of drug-likeness (QED) is 0.440. The maximum Gasteiger partial charge on any atom is 0.142 e. The van der Waals surface area contributed by atoms with Crippen molar-refractivity contribution < 1.29 is 0 Å². The second kappa shape index (κ2) is 5.56. The number of pyridine rings is 1. The van der Waals surface area contributed by atoms with E-state index in [0.717, 1.165) is 11.5 Å². The minimum atomic E-state index is 0.636. The zero-order valence-electron chi connectivity index (χ0n) is 9.47. The van der Waals surface area contributed by atoms with Gasteiger partial charge in [0.1, 0.15) is 11.6 Å². The second-order valence-electron chi connectivity index (χ2n) is 3.38. The van der Waals surface area contributed by atoms with Crippen LogP contribution in [0.3, 0.4) is 0 Å². The number of nitrogens with two attached hydrogens (primary N) is 1. The van der Waals surface area contributed by atoms with Gasteiger partial charge in [0.05, 0.1) is 5.69 Å². The number of para-hydroxylation sites is 1. The summed E-state index contributed by atoms with van der Waals surface area (Å²) >= 11 is 1.69. The van der Waals surface area contributed by atoms with E-state index in [1.807, 2.05) is 42.7 Å². The molecule has 0 saturated carbocycles. The fourth-order valence-corrected chi connectivity index (χ4v) is 2.02. The molecule has 5 heteroatoms. The van der Waals surface area contributed by atoms with Gasteiger partial charge in [0.2, 0.25) is 0 Å². The van der Waals surface area contributed by atoms with Crippen LogP contribution in [0.4, 0.5) is 17.3 Å². The average Bonchev–Trinajstić information content (AvgIpc) is 2.39. The molecule has 0 unspecified atom stereocenters. The molecular weight excluding hydrogens is 232 g/mol. The minimum absolute atomic E-state index is 0.636. The molecule has 2 aromatic rings. The molecule has 0 bridgehead atoms. The highest BCUT2D eigenvalue weighted by Crippen LogP contribution is 2.27. The molecule has 0 amide bonds. The van der Waals surface area contributed by atoms with E-state index in [2.05, 4.69) is 21.8 Å². The monoisotopic (exact) mass is 246 g/mol. The van der Waals surface area contributed by atoms with Gasteiger partial charge in [-0.2, -0.15) is 0 Å². The Bertz CT molecular complexity index is 501. The fourth-order valence-electron chi connectivity index (χ4n) is 1.47. The van der Waals surface area contributed by atoms with Gasteiger partial charge < -0.3 is 10.7 Å². The lowest BCUT2D eigenvalue weighted by molar-refractivity contribution is 1.22. The predicted octanol–water partition coefficient (Wildman–Crippen LogP) is 2.83. The lowest BCUT2D eigenvalue weighted by Gasteiger charge is -2.10. The van der Waals surface area contributed by atoms with Crippen molar-refractivity contribution in [1.29, 1.82) is 0 Å². The lowest BCUT2D eigenvalue weighted by atomic mass is 10.3. The number of hydrazine groups is 1. The zero-order chi connectivity index (χ0) is 12.1. The molecule has 0 aliphatic rings. The van der Waals surface area contributed by atoms with Gasteiger partial charge in [-0.15, -0.1) is 11.8 Å². The van der Waals surface area contributed by atoms with Crippen molar-refractivity contribution in [3.63, 3.8) is 0 Å². The third-order valence-electron chi connectivity index (χ3n) is 2.27. The predicted molar refractivity (Wildman–Crippen MR) is 73.6 cm³/mol. The van der Waals surface area contributed by atoms with Crippen LogP contribution in [-0.4, -0.2) is 11.2 Å². The molecule has 1 aromatic carbocycles. The Morgan fingerprint density at radius 3 is 2.59 bits per heavy atom. The minimum Gasteiger partial charge on any atom is -0.339 e. The maximum absolute atomic E-state index is 5.32. The molecule has 0 atom stereocenters. The van der Waals surface area contributed by atoms with Gasteiger partial charge in [-0.3, -0.25) is 0 Å². The molecule has 0 aliphatic carbocycles. The van der Waals surface area contributed by atoms with Crippen LogP contribution in [-0.2, 0) is 0 Å². The van der Waals surface area contributed by atoms with Gasteiger partial charge >= 0.3 is 0 Å². The van der Waals surface area contributed by atoms with E-state index in [9.17, 15) is 0 Å². The van der Waals surface area contributed by atoms with Gasteiger partial charge in [-0.25, -0.2) is 10.8 Å². The van der Waals surface area contributed by atoms with Crippen molar-refractivity contribution in [1.82, 2.24) is 4.98 Å². The topological polar surface area (TPSA) is 63.0 Å². The fraction of sp³-hybridized carbons (Fsp3) is 0.0833. The normalized spacial score (nSPS) is 10.0. The van der Waals surface area contributed by atoms with Gasteiger partial charge in [-0.1, -0.05) is 18.2 Å². The van der Waals surface area contributed by atoms with Crippen LogP contribution in [0.25, 0.3) is 0 Å². The van der Waals surface area contributed by atoms with Gasteiger partial charge in [0.15, 0.2) is 0 Å². The summed E-state index contributed by atoms with van der Waals surface area (Å²) in [5.41, 5.74) is 3.57. The standard InChI is InChI=1S/C12H14N4S/c1-17-10-6-3-2-5-9(10)14-11-7-4-8-12(15-11)16-13/h2-8H,13H2,1H3,(H2,14,15,16). The molecule has 0 radical (unpaired) electrons. The molecule has 4 nitrogen and oxygen atoms in total. The molecule has 1 aromatic heterocycles. The van der Waals surface area contributed by atoms with Crippen molar-refractivity contribution in [3.05, 3.63) is 42.5 Å². The van der Waals surface area contributed by atoms with Gasteiger partial charge in [-0.05, 0) is 30.5 Å². The summed E-state index contributed by atoms with van der Waals surface area (Å²) in [5.74, 6) is 6.73. The zero-order valence-corrected chi connectivity index (χ0v) is 10.3. The third kappa shape index (κ3) is 2.89. The first-order valence-corrected chi connectivity index (χ1v) is 6.39. The van der Waals surface area contributed by atoms with Crippen molar-refractivity contribution >= 4 is 29.1 Å². The number of rotatable bonds is 4. The van der Waals surface area contributed by atoms with Crippen molar-refractivity contribution in [2.75, 3.05) is 17.0 Å². The maximum atomic E-state index is 5.32. The second-order valence-corrected chi connectivity index (χ2v) is 4.23. The number of nitrogen functional groups attached to an aromatic ring is 1. The van der Waals surface area contributed by atoms with E-state index in [0.29, 0.717) is 5.82 Å². The molecule has 0 saturated heterocycles. The molecule has 2 rings (SSSR count). The van der Waals surface area contributed by atoms with Crippen molar-refractivity contribution in [2.45, 2.75) is 4.90 Å². The number of anilines is 3. The Morgan fingerprint density at radius 1 is 1.06 bits per heavy atom. The van der Waals surface area contributed by atoms with Crippen LogP contribution in [0.2, 0.25) is 0 Å².